The smallest absolute Gasteiger partial charge is 0.0348 e. The molecule has 0 aromatic carbocycles. The summed E-state index contributed by atoms with van der Waals surface area (Å²) < 4.78 is 0. The first-order chi connectivity index (χ1) is 9.31. The van der Waals surface area contributed by atoms with Gasteiger partial charge in [0.1, 0.15) is 0 Å². The Morgan fingerprint density at radius 2 is 1.05 bits per heavy atom. The van der Waals surface area contributed by atoms with Crippen LogP contribution in [0.5, 0.6) is 0 Å². The highest BCUT2D eigenvalue weighted by molar-refractivity contribution is 4.96. The van der Waals surface area contributed by atoms with Crippen LogP contribution >= 0.6 is 0 Å². The van der Waals surface area contributed by atoms with Gasteiger partial charge in [0, 0.05) is 0 Å². The van der Waals surface area contributed by atoms with Crippen molar-refractivity contribution >= 4 is 0 Å². The van der Waals surface area contributed by atoms with E-state index in [2.05, 4.69) is 26.8 Å². The third kappa shape index (κ3) is 15.7. The molecule has 0 saturated heterocycles. The first kappa shape index (κ1) is 18.7. The molecule has 0 saturated carbocycles. The molecule has 0 fully saturated rings. The molecule has 0 aliphatic carbocycles. The average Bonchev–Trinajstić information content (AvgIpc) is 2.43. The summed E-state index contributed by atoms with van der Waals surface area (Å²) in [5.41, 5.74) is 1.56. The Hall–Kier alpha value is -0.260. The molecule has 19 heavy (non-hydrogen) atoms. The minimum Gasteiger partial charge on any atom is -0.0856 e. The van der Waals surface area contributed by atoms with Crippen LogP contribution in [0, 0.1) is 0 Å². The van der Waals surface area contributed by atoms with Gasteiger partial charge < -0.3 is 0 Å². The molecular weight excluding hydrogens is 228 g/mol. The molecular formula is C19H38. The first-order valence-corrected chi connectivity index (χ1v) is 8.96. The van der Waals surface area contributed by atoms with Gasteiger partial charge in [-0.05, 0) is 26.2 Å². The van der Waals surface area contributed by atoms with Crippen LogP contribution in [0.1, 0.15) is 111 Å². The lowest BCUT2D eigenvalue weighted by molar-refractivity contribution is 0.544. The molecule has 0 aromatic rings. The topological polar surface area (TPSA) is 0 Å². The van der Waals surface area contributed by atoms with Crippen LogP contribution < -0.4 is 0 Å². The monoisotopic (exact) mass is 266 g/mol. The van der Waals surface area contributed by atoms with Gasteiger partial charge in [0.25, 0.3) is 0 Å². The third-order valence-corrected chi connectivity index (χ3v) is 4.11. The van der Waals surface area contributed by atoms with Crippen LogP contribution in [-0.2, 0) is 0 Å². The van der Waals surface area contributed by atoms with Gasteiger partial charge >= 0.3 is 0 Å². The SMILES string of the molecule is CCCCCCCCCCCCCCC=C(C)CC. The lowest BCUT2D eigenvalue weighted by atomic mass is 10.0. The molecule has 0 unspecified atom stereocenters. The van der Waals surface area contributed by atoms with E-state index in [0.717, 1.165) is 0 Å². The average molecular weight is 267 g/mol. The van der Waals surface area contributed by atoms with E-state index in [1.165, 1.54) is 89.9 Å². The zero-order valence-corrected chi connectivity index (χ0v) is 14.0. The number of rotatable bonds is 14. The second kappa shape index (κ2) is 15.8. The lowest BCUT2D eigenvalue weighted by Crippen LogP contribution is -1.82. The largest absolute Gasteiger partial charge is 0.0856 e. The summed E-state index contributed by atoms with van der Waals surface area (Å²) in [4.78, 5) is 0. The van der Waals surface area contributed by atoms with Crippen LogP contribution in [0.25, 0.3) is 0 Å². The molecule has 0 aromatic heterocycles. The van der Waals surface area contributed by atoms with Gasteiger partial charge in [-0.2, -0.15) is 0 Å². The third-order valence-electron chi connectivity index (χ3n) is 4.11. The minimum atomic E-state index is 1.22. The van der Waals surface area contributed by atoms with Crippen molar-refractivity contribution in [2.45, 2.75) is 111 Å². The maximum atomic E-state index is 2.43. The Bertz CT molecular complexity index is 190. The van der Waals surface area contributed by atoms with E-state index < -0.39 is 0 Å². The van der Waals surface area contributed by atoms with Crippen LogP contribution in [-0.4, -0.2) is 0 Å². The summed E-state index contributed by atoms with van der Waals surface area (Å²) in [6.45, 7) is 6.79. The lowest BCUT2D eigenvalue weighted by Gasteiger charge is -2.02. The maximum Gasteiger partial charge on any atom is -0.0348 e. The van der Waals surface area contributed by atoms with Crippen LogP contribution in [0.4, 0.5) is 0 Å². The summed E-state index contributed by atoms with van der Waals surface area (Å²) in [7, 11) is 0. The van der Waals surface area contributed by atoms with Crippen molar-refractivity contribution in [2.24, 2.45) is 0 Å². The predicted molar refractivity (Wildman–Crippen MR) is 89.7 cm³/mol. The highest BCUT2D eigenvalue weighted by atomic mass is 14.0. The molecule has 114 valence electrons. The van der Waals surface area contributed by atoms with Crippen LogP contribution in [0.3, 0.4) is 0 Å². The molecule has 0 radical (unpaired) electrons. The van der Waals surface area contributed by atoms with E-state index in [-0.39, 0.29) is 0 Å². The second-order valence-electron chi connectivity index (χ2n) is 6.08. The highest BCUT2D eigenvalue weighted by Gasteiger charge is 1.93. The van der Waals surface area contributed by atoms with Crippen LogP contribution in [0.15, 0.2) is 11.6 Å². The van der Waals surface area contributed by atoms with Crippen molar-refractivity contribution in [2.75, 3.05) is 0 Å². The van der Waals surface area contributed by atoms with Crippen molar-refractivity contribution < 1.29 is 0 Å². The fourth-order valence-corrected chi connectivity index (χ4v) is 2.48. The van der Waals surface area contributed by atoms with Gasteiger partial charge in [0.15, 0.2) is 0 Å². The Balaban J connectivity index is 3.03. The highest BCUT2D eigenvalue weighted by Crippen LogP contribution is 2.13. The second-order valence-corrected chi connectivity index (χ2v) is 6.08. The first-order valence-electron chi connectivity index (χ1n) is 8.96. The molecule has 0 aliphatic heterocycles. The Morgan fingerprint density at radius 1 is 0.632 bits per heavy atom. The van der Waals surface area contributed by atoms with E-state index >= 15 is 0 Å². The number of allylic oxidation sites excluding steroid dienone is 2. The molecule has 0 amide bonds. The Labute approximate surface area is 123 Å². The summed E-state index contributed by atoms with van der Waals surface area (Å²) >= 11 is 0. The van der Waals surface area contributed by atoms with E-state index in [1.807, 2.05) is 0 Å². The van der Waals surface area contributed by atoms with E-state index in [9.17, 15) is 0 Å². The Kier molecular flexibility index (Phi) is 15.6. The number of hydrogen-bond acceptors (Lipinski definition) is 0. The molecule has 0 N–H and O–H groups in total. The molecule has 0 atom stereocenters. The molecule has 0 bridgehead atoms. The minimum absolute atomic E-state index is 1.22. The quantitative estimate of drug-likeness (QED) is 0.226. The fourth-order valence-electron chi connectivity index (χ4n) is 2.48. The van der Waals surface area contributed by atoms with Crippen molar-refractivity contribution in [3.05, 3.63) is 11.6 Å². The number of unbranched alkanes of at least 4 members (excludes halogenated alkanes) is 12. The summed E-state index contributed by atoms with van der Waals surface area (Å²) in [6, 6.07) is 0. The van der Waals surface area contributed by atoms with Gasteiger partial charge in [-0.25, -0.2) is 0 Å². The summed E-state index contributed by atoms with van der Waals surface area (Å²) in [6.07, 6.45) is 22.3. The van der Waals surface area contributed by atoms with Crippen LogP contribution in [0.2, 0.25) is 0 Å². The molecule has 0 spiro atoms. The van der Waals surface area contributed by atoms with Gasteiger partial charge in [0.2, 0.25) is 0 Å². The molecule has 0 heteroatoms. The number of hydrogen-bond donors (Lipinski definition) is 0. The van der Waals surface area contributed by atoms with Gasteiger partial charge in [0.05, 0.1) is 0 Å². The zero-order valence-electron chi connectivity index (χ0n) is 14.0. The van der Waals surface area contributed by atoms with Gasteiger partial charge in [-0.1, -0.05) is 96.1 Å². The molecule has 0 heterocycles. The molecule has 0 nitrogen and oxygen atoms in total. The van der Waals surface area contributed by atoms with Gasteiger partial charge in [-0.3, -0.25) is 0 Å². The van der Waals surface area contributed by atoms with Crippen molar-refractivity contribution in [3.8, 4) is 0 Å². The predicted octanol–water partition coefficient (Wildman–Crippen LogP) is 7.43. The molecule has 0 aliphatic rings. The van der Waals surface area contributed by atoms with Crippen molar-refractivity contribution in [3.63, 3.8) is 0 Å². The molecule has 0 rings (SSSR count). The van der Waals surface area contributed by atoms with Crippen molar-refractivity contribution in [1.82, 2.24) is 0 Å². The summed E-state index contributed by atoms with van der Waals surface area (Å²) in [5.74, 6) is 0. The zero-order chi connectivity index (χ0) is 14.2. The van der Waals surface area contributed by atoms with E-state index in [1.54, 1.807) is 5.57 Å². The standard InChI is InChI=1S/C19H38/c1-4-6-7-8-9-10-11-12-13-14-15-16-17-18-19(3)5-2/h18H,4-17H2,1-3H3. The fraction of sp³-hybridized carbons (Fsp3) is 0.895. The Morgan fingerprint density at radius 3 is 1.47 bits per heavy atom. The van der Waals surface area contributed by atoms with Crippen molar-refractivity contribution in [1.29, 1.82) is 0 Å². The summed E-state index contributed by atoms with van der Waals surface area (Å²) in [5, 5.41) is 0. The normalized spacial score (nSPS) is 12.1. The van der Waals surface area contributed by atoms with Gasteiger partial charge in [-0.15, -0.1) is 0 Å². The maximum absolute atomic E-state index is 2.43. The van der Waals surface area contributed by atoms with E-state index in [4.69, 9.17) is 0 Å². The van der Waals surface area contributed by atoms with E-state index in [0.29, 0.717) is 0 Å².